The summed E-state index contributed by atoms with van der Waals surface area (Å²) in [7, 11) is 0. The lowest BCUT2D eigenvalue weighted by Gasteiger charge is -2.17. The van der Waals surface area contributed by atoms with Gasteiger partial charge in [-0.05, 0) is 48.2 Å². The molecule has 0 fully saturated rings. The van der Waals surface area contributed by atoms with E-state index in [4.69, 9.17) is 15.0 Å². The number of para-hydroxylation sites is 3. The first-order valence-corrected chi connectivity index (χ1v) is 16.9. The second-order valence-electron chi connectivity index (χ2n) is 12.7. The third-order valence-corrected chi connectivity index (χ3v) is 9.90. The van der Waals surface area contributed by atoms with E-state index in [0.717, 1.165) is 46.5 Å². The van der Waals surface area contributed by atoms with Crippen LogP contribution >= 0.6 is 0 Å². The second kappa shape index (κ2) is 11.1. The van der Waals surface area contributed by atoms with Crippen LogP contribution in [0, 0.1) is 0 Å². The maximum absolute atomic E-state index is 5.34. The molecule has 0 bridgehead atoms. The van der Waals surface area contributed by atoms with E-state index >= 15 is 0 Å². The summed E-state index contributed by atoms with van der Waals surface area (Å²) in [5.41, 5.74) is 9.16. The number of hydrogen-bond donors (Lipinski definition) is 0. The van der Waals surface area contributed by atoms with E-state index in [2.05, 4.69) is 149 Å². The van der Waals surface area contributed by atoms with Gasteiger partial charge in [-0.15, -0.1) is 0 Å². The molecule has 0 aliphatic heterocycles. The van der Waals surface area contributed by atoms with E-state index < -0.39 is 0 Å². The molecule has 0 saturated heterocycles. The van der Waals surface area contributed by atoms with E-state index in [1.807, 2.05) is 18.2 Å². The molecule has 10 rings (SSSR count). The highest BCUT2D eigenvalue weighted by Gasteiger charge is 2.28. The van der Waals surface area contributed by atoms with Crippen LogP contribution in [0.4, 0.5) is 0 Å². The van der Waals surface area contributed by atoms with Crippen molar-refractivity contribution in [3.8, 4) is 23.0 Å². The second-order valence-corrected chi connectivity index (χ2v) is 12.7. The van der Waals surface area contributed by atoms with Gasteiger partial charge in [0.05, 0.1) is 22.1 Å². The topological polar surface area (TPSA) is 48.5 Å². The molecule has 1 unspecified atom stereocenters. The maximum Gasteiger partial charge on any atom is 0.238 e. The van der Waals surface area contributed by atoms with Crippen LogP contribution in [0.5, 0.6) is 0 Å². The SMILES string of the molecule is C1=CCc2c(c3c4ccccc4n(-c4nc(-c5ccccc5)nc(C5C=CC=CC5)n4)c3c3c2c2ccccc2n3-c2ccccc2)C=C1. The fourth-order valence-electron chi connectivity index (χ4n) is 7.79. The zero-order valence-corrected chi connectivity index (χ0v) is 26.7. The van der Waals surface area contributed by atoms with Gasteiger partial charge in [0.25, 0.3) is 0 Å². The lowest BCUT2D eigenvalue weighted by molar-refractivity contribution is 0.750. The van der Waals surface area contributed by atoms with E-state index in [1.54, 1.807) is 0 Å². The van der Waals surface area contributed by atoms with E-state index in [-0.39, 0.29) is 5.92 Å². The molecule has 1 atom stereocenters. The van der Waals surface area contributed by atoms with Crippen LogP contribution in [0.2, 0.25) is 0 Å². The molecule has 0 amide bonds. The number of nitrogens with zero attached hydrogens (tertiary/aromatic N) is 5. The van der Waals surface area contributed by atoms with Gasteiger partial charge < -0.3 is 4.57 Å². The minimum absolute atomic E-state index is 0.0587. The highest BCUT2D eigenvalue weighted by molar-refractivity contribution is 6.27. The standard InChI is InChI=1S/C44H31N5/c1-5-17-29(18-6-1)42-45-43(30-19-7-2-8-20-30)47-44(46-42)49-37-28-16-14-26-35(37)39-33-24-12-4-11-23-32(33)38-34-25-13-15-27-36(34)48(40(38)41(39)49)31-21-9-3-10-22-31/h1-19,21-22,24-28,30H,20,23H2. The van der Waals surface area contributed by atoms with Crippen molar-refractivity contribution in [3.05, 3.63) is 169 Å². The quantitative estimate of drug-likeness (QED) is 0.195. The van der Waals surface area contributed by atoms with Crippen molar-refractivity contribution in [1.82, 2.24) is 24.1 Å². The summed E-state index contributed by atoms with van der Waals surface area (Å²) in [6.45, 7) is 0. The highest BCUT2D eigenvalue weighted by Crippen LogP contribution is 2.46. The normalized spacial score (nSPS) is 15.5. The van der Waals surface area contributed by atoms with Crippen LogP contribution in [0.25, 0.3) is 72.7 Å². The Morgan fingerprint density at radius 2 is 1.24 bits per heavy atom. The summed E-state index contributed by atoms with van der Waals surface area (Å²) in [5, 5.41) is 4.89. The van der Waals surface area contributed by atoms with Crippen molar-refractivity contribution < 1.29 is 0 Å². The Bertz CT molecular complexity index is 2710. The monoisotopic (exact) mass is 629 g/mol. The smallest absolute Gasteiger partial charge is 0.238 e. The average Bonchev–Trinajstić information content (AvgIpc) is 3.59. The molecule has 5 aromatic carbocycles. The molecule has 5 heteroatoms. The molecule has 3 aromatic heterocycles. The highest BCUT2D eigenvalue weighted by atomic mass is 15.2. The number of hydrogen-bond acceptors (Lipinski definition) is 3. The first-order chi connectivity index (χ1) is 24.3. The van der Waals surface area contributed by atoms with Gasteiger partial charge >= 0.3 is 0 Å². The lowest BCUT2D eigenvalue weighted by Crippen LogP contribution is -2.11. The molecule has 0 saturated carbocycles. The lowest BCUT2D eigenvalue weighted by atomic mass is 9.93. The van der Waals surface area contributed by atoms with Crippen molar-refractivity contribution in [1.29, 1.82) is 0 Å². The van der Waals surface area contributed by atoms with Crippen molar-refractivity contribution in [2.75, 3.05) is 0 Å². The number of benzene rings is 5. The van der Waals surface area contributed by atoms with Gasteiger partial charge in [-0.1, -0.05) is 134 Å². The van der Waals surface area contributed by atoms with Gasteiger partial charge in [0.1, 0.15) is 5.82 Å². The Labute approximate surface area is 283 Å². The number of allylic oxidation sites excluding steroid dienone is 7. The Balaban J connectivity index is 1.44. The molecule has 0 spiro atoms. The van der Waals surface area contributed by atoms with Crippen LogP contribution in [-0.2, 0) is 6.42 Å². The molecule has 2 aliphatic carbocycles. The molecular weight excluding hydrogens is 599 g/mol. The van der Waals surface area contributed by atoms with Gasteiger partial charge in [-0.2, -0.15) is 9.97 Å². The van der Waals surface area contributed by atoms with Crippen molar-refractivity contribution in [2.24, 2.45) is 0 Å². The van der Waals surface area contributed by atoms with Crippen molar-refractivity contribution in [2.45, 2.75) is 18.8 Å². The molecule has 232 valence electrons. The predicted octanol–water partition coefficient (Wildman–Crippen LogP) is 10.5. The molecule has 3 heterocycles. The van der Waals surface area contributed by atoms with E-state index in [0.29, 0.717) is 11.8 Å². The predicted molar refractivity (Wildman–Crippen MR) is 201 cm³/mol. The van der Waals surface area contributed by atoms with Gasteiger partial charge in [-0.3, -0.25) is 4.57 Å². The molecule has 49 heavy (non-hydrogen) atoms. The molecule has 0 radical (unpaired) electrons. The largest absolute Gasteiger partial charge is 0.307 e. The van der Waals surface area contributed by atoms with E-state index in [1.165, 1.54) is 38.2 Å². The first-order valence-electron chi connectivity index (χ1n) is 16.9. The molecule has 8 aromatic rings. The van der Waals surface area contributed by atoms with Gasteiger partial charge in [0.2, 0.25) is 5.95 Å². The van der Waals surface area contributed by atoms with Crippen molar-refractivity contribution in [3.63, 3.8) is 0 Å². The van der Waals surface area contributed by atoms with Crippen LogP contribution < -0.4 is 0 Å². The third kappa shape index (κ3) is 4.29. The molecular formula is C44H31N5. The summed E-state index contributed by atoms with van der Waals surface area (Å²) in [5.74, 6) is 2.13. The van der Waals surface area contributed by atoms with Gasteiger partial charge in [0, 0.05) is 38.7 Å². The summed E-state index contributed by atoms with van der Waals surface area (Å²) >= 11 is 0. The average molecular weight is 630 g/mol. The Kier molecular flexibility index (Phi) is 6.31. The molecule has 0 N–H and O–H groups in total. The van der Waals surface area contributed by atoms with Crippen LogP contribution in [0.15, 0.2) is 152 Å². The number of aromatic nitrogens is 5. The third-order valence-electron chi connectivity index (χ3n) is 9.90. The summed E-state index contributed by atoms with van der Waals surface area (Å²) in [4.78, 5) is 15.7. The van der Waals surface area contributed by atoms with Crippen molar-refractivity contribution >= 4 is 49.7 Å². The van der Waals surface area contributed by atoms with Gasteiger partial charge in [-0.25, -0.2) is 4.98 Å². The fraction of sp³-hybridized carbons (Fsp3) is 0.0682. The van der Waals surface area contributed by atoms with Crippen LogP contribution in [0.3, 0.4) is 0 Å². The number of rotatable bonds is 4. The minimum Gasteiger partial charge on any atom is -0.307 e. The van der Waals surface area contributed by atoms with Gasteiger partial charge in [0.15, 0.2) is 5.82 Å². The van der Waals surface area contributed by atoms with Crippen LogP contribution in [0.1, 0.15) is 29.3 Å². The van der Waals surface area contributed by atoms with E-state index in [9.17, 15) is 0 Å². The first kappa shape index (κ1) is 27.8. The summed E-state index contributed by atoms with van der Waals surface area (Å²) < 4.78 is 4.74. The Morgan fingerprint density at radius 1 is 0.571 bits per heavy atom. The summed E-state index contributed by atoms with van der Waals surface area (Å²) in [6, 6.07) is 38.5. The fourth-order valence-corrected chi connectivity index (χ4v) is 7.79. The Hall–Kier alpha value is -6.33. The molecule has 2 aliphatic rings. The van der Waals surface area contributed by atoms with Crippen LogP contribution in [-0.4, -0.2) is 24.1 Å². The summed E-state index contributed by atoms with van der Waals surface area (Å²) in [6.07, 6.45) is 19.2. The Morgan fingerprint density at radius 3 is 2.02 bits per heavy atom. The molecule has 5 nitrogen and oxygen atoms in total. The maximum atomic E-state index is 5.34. The number of fused-ring (bicyclic) bond motifs is 10. The minimum atomic E-state index is 0.0587. The zero-order valence-electron chi connectivity index (χ0n) is 26.7. The zero-order chi connectivity index (χ0) is 32.3.